The summed E-state index contributed by atoms with van der Waals surface area (Å²) < 4.78 is 5.62. The van der Waals surface area contributed by atoms with Crippen molar-refractivity contribution in [1.82, 2.24) is 4.98 Å². The molecule has 3 rings (SSSR count). The maximum absolute atomic E-state index is 12.3. The molecule has 0 radical (unpaired) electrons. The molecule has 1 aromatic carbocycles. The van der Waals surface area contributed by atoms with Crippen molar-refractivity contribution >= 4 is 17.1 Å². The van der Waals surface area contributed by atoms with Crippen molar-refractivity contribution in [3.05, 3.63) is 51.5 Å². The third-order valence-corrected chi connectivity index (χ3v) is 5.00. The van der Waals surface area contributed by atoms with Crippen LogP contribution in [0, 0.1) is 5.41 Å². The number of benzene rings is 1. The second-order valence-electron chi connectivity index (χ2n) is 6.30. The van der Waals surface area contributed by atoms with Crippen LogP contribution in [0.3, 0.4) is 0 Å². The third kappa shape index (κ3) is 2.78. The molecule has 1 heterocycles. The zero-order chi connectivity index (χ0) is 15.0. The van der Waals surface area contributed by atoms with Crippen LogP contribution in [0.4, 0.5) is 0 Å². The van der Waals surface area contributed by atoms with E-state index in [1.165, 1.54) is 11.3 Å². The Hall–Kier alpha value is -1.52. The summed E-state index contributed by atoms with van der Waals surface area (Å²) in [6.45, 7) is 4.25. The highest BCUT2D eigenvalue weighted by atomic mass is 32.1. The molecule has 21 heavy (non-hydrogen) atoms. The summed E-state index contributed by atoms with van der Waals surface area (Å²) in [4.78, 5) is 17.8. The van der Waals surface area contributed by atoms with Gasteiger partial charge in [0.2, 0.25) is 0 Å². The van der Waals surface area contributed by atoms with Crippen LogP contribution in [0.15, 0.2) is 30.3 Å². The number of ketones is 1. The second-order valence-corrected chi connectivity index (χ2v) is 7.33. The van der Waals surface area contributed by atoms with E-state index in [0.29, 0.717) is 6.42 Å². The number of ether oxygens (including phenoxy) is 1. The Balaban J connectivity index is 1.99. The standard InChI is InChI=1S/C17H19NO2S/c1-17(2)9-12-15(13(19)10-17)21-16(18-12)14(20-3)11-7-5-4-6-8-11/h4-8,14H,9-10H2,1-3H3. The molecule has 2 aromatic rings. The van der Waals surface area contributed by atoms with Gasteiger partial charge in [-0.3, -0.25) is 4.79 Å². The van der Waals surface area contributed by atoms with Gasteiger partial charge in [0.25, 0.3) is 0 Å². The highest BCUT2D eigenvalue weighted by Gasteiger charge is 2.35. The molecule has 1 aliphatic rings. The molecule has 110 valence electrons. The molecule has 0 bridgehead atoms. The molecule has 4 heteroatoms. The van der Waals surface area contributed by atoms with Gasteiger partial charge < -0.3 is 4.74 Å². The van der Waals surface area contributed by atoms with E-state index < -0.39 is 0 Å². The van der Waals surface area contributed by atoms with Crippen molar-refractivity contribution < 1.29 is 9.53 Å². The summed E-state index contributed by atoms with van der Waals surface area (Å²) in [5, 5.41) is 0.875. The van der Waals surface area contributed by atoms with E-state index in [9.17, 15) is 4.79 Å². The Morgan fingerprint density at radius 1 is 1.24 bits per heavy atom. The molecule has 0 amide bonds. The van der Waals surface area contributed by atoms with Gasteiger partial charge in [-0.1, -0.05) is 44.2 Å². The van der Waals surface area contributed by atoms with E-state index in [-0.39, 0.29) is 17.3 Å². The van der Waals surface area contributed by atoms with Crippen LogP contribution in [0.1, 0.15) is 52.3 Å². The Labute approximate surface area is 129 Å². The number of carbonyl (C=O) groups is 1. The van der Waals surface area contributed by atoms with E-state index in [1.807, 2.05) is 30.3 Å². The fourth-order valence-electron chi connectivity index (χ4n) is 2.86. The summed E-state index contributed by atoms with van der Waals surface area (Å²) in [6.07, 6.45) is 1.26. The number of hydrogen-bond acceptors (Lipinski definition) is 4. The van der Waals surface area contributed by atoms with E-state index >= 15 is 0 Å². The van der Waals surface area contributed by atoms with Gasteiger partial charge in [-0.15, -0.1) is 11.3 Å². The smallest absolute Gasteiger partial charge is 0.175 e. The Kier molecular flexibility index (Phi) is 3.68. The first-order valence-electron chi connectivity index (χ1n) is 7.11. The van der Waals surface area contributed by atoms with Gasteiger partial charge in [0.15, 0.2) is 5.78 Å². The number of aromatic nitrogens is 1. The van der Waals surface area contributed by atoms with Crippen LogP contribution in [-0.4, -0.2) is 17.9 Å². The molecule has 0 saturated carbocycles. The van der Waals surface area contributed by atoms with Crippen molar-refractivity contribution in [2.75, 3.05) is 7.11 Å². The number of fused-ring (bicyclic) bond motifs is 1. The average molecular weight is 301 g/mol. The molecule has 0 spiro atoms. The third-order valence-electron chi connectivity index (χ3n) is 3.81. The lowest BCUT2D eigenvalue weighted by Crippen LogP contribution is -2.26. The Morgan fingerprint density at radius 2 is 1.95 bits per heavy atom. The summed E-state index contributed by atoms with van der Waals surface area (Å²) in [6, 6.07) is 10.0. The van der Waals surface area contributed by atoms with Crippen LogP contribution >= 0.6 is 11.3 Å². The SMILES string of the molecule is COC(c1ccccc1)c1nc2c(s1)C(=O)CC(C)(C)C2. The van der Waals surface area contributed by atoms with Gasteiger partial charge in [-0.25, -0.2) is 4.98 Å². The van der Waals surface area contributed by atoms with Crippen LogP contribution in [-0.2, 0) is 11.2 Å². The summed E-state index contributed by atoms with van der Waals surface area (Å²) in [7, 11) is 1.68. The lowest BCUT2D eigenvalue weighted by Gasteiger charge is -2.26. The van der Waals surface area contributed by atoms with Crippen molar-refractivity contribution in [2.24, 2.45) is 5.41 Å². The van der Waals surface area contributed by atoms with Gasteiger partial charge in [0.1, 0.15) is 11.1 Å². The number of hydrogen-bond donors (Lipinski definition) is 0. The number of methoxy groups -OCH3 is 1. The van der Waals surface area contributed by atoms with Crippen molar-refractivity contribution in [3.63, 3.8) is 0 Å². The fraction of sp³-hybridized carbons (Fsp3) is 0.412. The molecular formula is C17H19NO2S. The van der Waals surface area contributed by atoms with Crippen molar-refractivity contribution in [1.29, 1.82) is 0 Å². The highest BCUT2D eigenvalue weighted by Crippen LogP contribution is 2.39. The van der Waals surface area contributed by atoms with Crippen LogP contribution in [0.25, 0.3) is 0 Å². The van der Waals surface area contributed by atoms with E-state index in [2.05, 4.69) is 13.8 Å². The van der Waals surface area contributed by atoms with Crippen molar-refractivity contribution in [2.45, 2.75) is 32.8 Å². The molecular weight excluding hydrogens is 282 g/mol. The minimum absolute atomic E-state index is 0.00470. The zero-order valence-electron chi connectivity index (χ0n) is 12.6. The minimum atomic E-state index is -0.197. The molecule has 0 fully saturated rings. The summed E-state index contributed by atoms with van der Waals surface area (Å²) in [5.74, 6) is 0.216. The molecule has 1 atom stereocenters. The topological polar surface area (TPSA) is 39.2 Å². The first-order valence-corrected chi connectivity index (χ1v) is 7.92. The van der Waals surface area contributed by atoms with Gasteiger partial charge in [-0.2, -0.15) is 0 Å². The number of thiazole rings is 1. The van der Waals surface area contributed by atoms with Crippen LogP contribution in [0.5, 0.6) is 0 Å². The maximum atomic E-state index is 12.3. The first kappa shape index (κ1) is 14.4. The predicted octanol–water partition coefficient (Wildman–Crippen LogP) is 4.03. The normalized spacial score (nSPS) is 18.3. The molecule has 1 aromatic heterocycles. The number of carbonyl (C=O) groups excluding carboxylic acids is 1. The van der Waals surface area contributed by atoms with Crippen LogP contribution < -0.4 is 0 Å². The van der Waals surface area contributed by atoms with Crippen LogP contribution in [0.2, 0.25) is 0 Å². The minimum Gasteiger partial charge on any atom is -0.370 e. The van der Waals surface area contributed by atoms with Gasteiger partial charge in [0.05, 0.1) is 10.6 Å². The molecule has 0 aliphatic heterocycles. The Bertz CT molecular complexity index is 661. The molecule has 0 N–H and O–H groups in total. The molecule has 1 aliphatic carbocycles. The molecule has 0 saturated heterocycles. The fourth-order valence-corrected chi connectivity index (χ4v) is 3.98. The average Bonchev–Trinajstić information content (AvgIpc) is 2.83. The summed E-state index contributed by atoms with van der Waals surface area (Å²) in [5.41, 5.74) is 2.01. The lowest BCUT2D eigenvalue weighted by atomic mass is 9.78. The van der Waals surface area contributed by atoms with E-state index in [1.54, 1.807) is 7.11 Å². The molecule has 1 unspecified atom stereocenters. The number of Topliss-reactive ketones (excluding diaryl/α,β-unsaturated/α-hetero) is 1. The monoisotopic (exact) mass is 301 g/mol. The largest absolute Gasteiger partial charge is 0.370 e. The number of rotatable bonds is 3. The second kappa shape index (κ2) is 5.35. The van der Waals surface area contributed by atoms with E-state index in [4.69, 9.17) is 9.72 Å². The maximum Gasteiger partial charge on any atom is 0.175 e. The van der Waals surface area contributed by atoms with Gasteiger partial charge in [0, 0.05) is 13.5 Å². The first-order chi connectivity index (χ1) is 10.00. The number of nitrogens with zero attached hydrogens (tertiary/aromatic N) is 1. The lowest BCUT2D eigenvalue weighted by molar-refractivity contribution is 0.0915. The van der Waals surface area contributed by atoms with Crippen molar-refractivity contribution in [3.8, 4) is 0 Å². The highest BCUT2D eigenvalue weighted by molar-refractivity contribution is 7.14. The van der Waals surface area contributed by atoms with Gasteiger partial charge in [-0.05, 0) is 17.4 Å². The predicted molar refractivity (Wildman–Crippen MR) is 83.8 cm³/mol. The molecule has 3 nitrogen and oxygen atoms in total. The zero-order valence-corrected chi connectivity index (χ0v) is 13.4. The quantitative estimate of drug-likeness (QED) is 0.859. The summed E-state index contributed by atoms with van der Waals surface area (Å²) >= 11 is 1.49. The van der Waals surface area contributed by atoms with Gasteiger partial charge >= 0.3 is 0 Å². The van der Waals surface area contributed by atoms with E-state index in [0.717, 1.165) is 27.6 Å². The Morgan fingerprint density at radius 3 is 2.62 bits per heavy atom.